The molecule has 0 atom stereocenters. The predicted octanol–water partition coefficient (Wildman–Crippen LogP) is 5.35. The molecule has 1 aromatic carbocycles. The molecule has 2 aliphatic rings. The zero-order valence-electron chi connectivity index (χ0n) is 13.2. The van der Waals surface area contributed by atoms with Crippen molar-refractivity contribution in [1.82, 2.24) is 4.90 Å². The lowest BCUT2D eigenvalue weighted by atomic mass is 9.75. The van der Waals surface area contributed by atoms with Crippen molar-refractivity contribution in [3.63, 3.8) is 0 Å². The van der Waals surface area contributed by atoms with Crippen LogP contribution in [-0.4, -0.2) is 22.6 Å². The van der Waals surface area contributed by atoms with E-state index in [-0.39, 0.29) is 16.6 Å². The Bertz CT molecular complexity index is 647. The van der Waals surface area contributed by atoms with Crippen molar-refractivity contribution in [1.29, 1.82) is 0 Å². The molecule has 2 amide bonds. The molecule has 0 unspecified atom stereocenters. The third kappa shape index (κ3) is 3.81. The SMILES string of the molecule is CC1(CN2C(=O)SC(=Cc3ccc(Cl)cc3)C2=O)CCCCC1. The molecule has 23 heavy (non-hydrogen) atoms. The topological polar surface area (TPSA) is 37.4 Å². The van der Waals surface area contributed by atoms with Crippen molar-refractivity contribution in [3.05, 3.63) is 39.8 Å². The summed E-state index contributed by atoms with van der Waals surface area (Å²) in [5.41, 5.74) is 0.948. The van der Waals surface area contributed by atoms with E-state index in [9.17, 15) is 9.59 Å². The zero-order valence-corrected chi connectivity index (χ0v) is 14.8. The summed E-state index contributed by atoms with van der Waals surface area (Å²) in [7, 11) is 0. The molecule has 5 heteroatoms. The number of hydrogen-bond donors (Lipinski definition) is 0. The monoisotopic (exact) mass is 349 g/mol. The third-order valence-electron chi connectivity index (χ3n) is 4.64. The number of rotatable bonds is 3. The summed E-state index contributed by atoms with van der Waals surface area (Å²) in [5.74, 6) is -0.165. The van der Waals surface area contributed by atoms with E-state index in [1.807, 2.05) is 12.1 Å². The van der Waals surface area contributed by atoms with Crippen LogP contribution in [-0.2, 0) is 4.79 Å². The fourth-order valence-electron chi connectivity index (χ4n) is 3.29. The maximum absolute atomic E-state index is 12.6. The van der Waals surface area contributed by atoms with Crippen LogP contribution in [0.3, 0.4) is 0 Å². The molecule has 0 radical (unpaired) electrons. The molecule has 1 saturated carbocycles. The van der Waals surface area contributed by atoms with Gasteiger partial charge >= 0.3 is 0 Å². The molecular formula is C18H20ClNO2S. The van der Waals surface area contributed by atoms with Crippen LogP contribution in [0.15, 0.2) is 29.2 Å². The van der Waals surface area contributed by atoms with Crippen LogP contribution in [0.25, 0.3) is 6.08 Å². The molecular weight excluding hydrogens is 330 g/mol. The number of benzene rings is 1. The Morgan fingerprint density at radius 3 is 2.48 bits per heavy atom. The van der Waals surface area contributed by atoms with Crippen molar-refractivity contribution >= 4 is 40.6 Å². The lowest BCUT2D eigenvalue weighted by Gasteiger charge is -2.35. The highest BCUT2D eigenvalue weighted by Crippen LogP contribution is 2.40. The van der Waals surface area contributed by atoms with Gasteiger partial charge in [0.1, 0.15) is 0 Å². The maximum atomic E-state index is 12.6. The number of thioether (sulfide) groups is 1. The molecule has 1 aliphatic heterocycles. The first-order valence-corrected chi connectivity index (χ1v) is 9.17. The minimum Gasteiger partial charge on any atom is -0.268 e. The van der Waals surface area contributed by atoms with Gasteiger partial charge in [-0.15, -0.1) is 0 Å². The average molecular weight is 350 g/mol. The molecule has 3 nitrogen and oxygen atoms in total. The van der Waals surface area contributed by atoms with E-state index in [1.165, 1.54) is 24.2 Å². The van der Waals surface area contributed by atoms with Gasteiger partial charge in [0.2, 0.25) is 0 Å². The molecule has 3 rings (SSSR count). The molecule has 1 aromatic rings. The van der Waals surface area contributed by atoms with Gasteiger partial charge in [0.15, 0.2) is 0 Å². The molecule has 122 valence electrons. The molecule has 0 N–H and O–H groups in total. The van der Waals surface area contributed by atoms with Gasteiger partial charge < -0.3 is 0 Å². The van der Waals surface area contributed by atoms with Gasteiger partial charge in [-0.05, 0) is 53.8 Å². The Balaban J connectivity index is 1.75. The Hall–Kier alpha value is -1.26. The Labute approximate surface area is 146 Å². The minimum absolute atomic E-state index is 0.0693. The molecule has 0 bridgehead atoms. The summed E-state index contributed by atoms with van der Waals surface area (Å²) < 4.78 is 0. The molecule has 0 aromatic heterocycles. The summed E-state index contributed by atoms with van der Waals surface area (Å²) in [6.45, 7) is 2.73. The van der Waals surface area contributed by atoms with Gasteiger partial charge in [0, 0.05) is 11.6 Å². The van der Waals surface area contributed by atoms with Gasteiger partial charge in [-0.1, -0.05) is 49.9 Å². The van der Waals surface area contributed by atoms with E-state index >= 15 is 0 Å². The summed E-state index contributed by atoms with van der Waals surface area (Å²) in [6, 6.07) is 7.25. The zero-order chi connectivity index (χ0) is 16.4. The van der Waals surface area contributed by atoms with Gasteiger partial charge in [-0.25, -0.2) is 0 Å². The number of carbonyl (C=O) groups excluding carboxylic acids is 2. The number of nitrogens with zero attached hydrogens (tertiary/aromatic N) is 1. The van der Waals surface area contributed by atoms with Gasteiger partial charge in [-0.3, -0.25) is 14.5 Å². The quantitative estimate of drug-likeness (QED) is 0.690. The fraction of sp³-hybridized carbons (Fsp3) is 0.444. The van der Waals surface area contributed by atoms with Crippen LogP contribution in [0.4, 0.5) is 4.79 Å². The number of imide groups is 1. The third-order valence-corrected chi connectivity index (χ3v) is 5.80. The lowest BCUT2D eigenvalue weighted by Crippen LogP contribution is -2.39. The second-order valence-corrected chi connectivity index (χ2v) is 8.12. The molecule has 1 aliphatic carbocycles. The summed E-state index contributed by atoms with van der Waals surface area (Å²) in [5, 5.41) is 0.502. The van der Waals surface area contributed by atoms with E-state index in [4.69, 9.17) is 11.6 Å². The molecule has 0 spiro atoms. The molecule has 2 fully saturated rings. The van der Waals surface area contributed by atoms with Crippen LogP contribution < -0.4 is 0 Å². The van der Waals surface area contributed by atoms with Gasteiger partial charge in [0.25, 0.3) is 11.1 Å². The molecule has 1 heterocycles. The first-order valence-electron chi connectivity index (χ1n) is 7.98. The second-order valence-electron chi connectivity index (χ2n) is 6.69. The lowest BCUT2D eigenvalue weighted by molar-refractivity contribution is -0.124. The number of hydrogen-bond acceptors (Lipinski definition) is 3. The highest BCUT2D eigenvalue weighted by Gasteiger charge is 2.40. The average Bonchev–Trinajstić information content (AvgIpc) is 2.78. The highest BCUT2D eigenvalue weighted by molar-refractivity contribution is 8.18. The Morgan fingerprint density at radius 2 is 1.83 bits per heavy atom. The largest absolute Gasteiger partial charge is 0.293 e. The predicted molar refractivity (Wildman–Crippen MR) is 95.3 cm³/mol. The van der Waals surface area contributed by atoms with Crippen molar-refractivity contribution in [2.75, 3.05) is 6.54 Å². The summed E-state index contributed by atoms with van der Waals surface area (Å²) in [4.78, 5) is 26.8. The van der Waals surface area contributed by atoms with Gasteiger partial charge in [0.05, 0.1) is 4.91 Å². The van der Waals surface area contributed by atoms with Gasteiger partial charge in [-0.2, -0.15) is 0 Å². The standard InChI is InChI=1S/C18H20ClNO2S/c1-18(9-3-2-4-10-18)12-20-16(21)15(23-17(20)22)11-13-5-7-14(19)8-6-13/h5-8,11H,2-4,9-10,12H2,1H3. The van der Waals surface area contributed by atoms with Crippen molar-refractivity contribution in [2.45, 2.75) is 39.0 Å². The maximum Gasteiger partial charge on any atom is 0.293 e. The number of carbonyl (C=O) groups is 2. The smallest absolute Gasteiger partial charge is 0.268 e. The van der Waals surface area contributed by atoms with Crippen molar-refractivity contribution in [3.8, 4) is 0 Å². The molecule has 1 saturated heterocycles. The normalized spacial score (nSPS) is 22.9. The van der Waals surface area contributed by atoms with Crippen molar-refractivity contribution in [2.24, 2.45) is 5.41 Å². The Morgan fingerprint density at radius 1 is 1.17 bits per heavy atom. The van der Waals surface area contributed by atoms with E-state index in [0.29, 0.717) is 16.5 Å². The fourth-order valence-corrected chi connectivity index (χ4v) is 4.26. The van der Waals surface area contributed by atoms with Crippen LogP contribution >= 0.6 is 23.4 Å². The van der Waals surface area contributed by atoms with Crippen LogP contribution in [0.2, 0.25) is 5.02 Å². The summed E-state index contributed by atoms with van der Waals surface area (Å²) in [6.07, 6.45) is 7.58. The van der Waals surface area contributed by atoms with Crippen LogP contribution in [0.5, 0.6) is 0 Å². The van der Waals surface area contributed by atoms with Crippen LogP contribution in [0.1, 0.15) is 44.6 Å². The first-order chi connectivity index (χ1) is 11.0. The summed E-state index contributed by atoms with van der Waals surface area (Å²) >= 11 is 6.91. The Kier molecular flexibility index (Phi) is 4.83. The van der Waals surface area contributed by atoms with E-state index in [2.05, 4.69) is 6.92 Å². The minimum atomic E-state index is -0.165. The van der Waals surface area contributed by atoms with E-state index in [0.717, 1.165) is 30.2 Å². The number of halogens is 1. The first kappa shape index (κ1) is 16.6. The second kappa shape index (κ2) is 6.70. The van der Waals surface area contributed by atoms with Crippen molar-refractivity contribution < 1.29 is 9.59 Å². The van der Waals surface area contributed by atoms with Crippen LogP contribution in [0, 0.1) is 5.41 Å². The van der Waals surface area contributed by atoms with E-state index < -0.39 is 0 Å². The highest BCUT2D eigenvalue weighted by atomic mass is 35.5. The number of amides is 2. The van der Waals surface area contributed by atoms with E-state index in [1.54, 1.807) is 18.2 Å².